The van der Waals surface area contributed by atoms with Crippen molar-refractivity contribution in [1.29, 1.82) is 0 Å². The van der Waals surface area contributed by atoms with Gasteiger partial charge in [-0.2, -0.15) is 0 Å². The van der Waals surface area contributed by atoms with Gasteiger partial charge in [-0.3, -0.25) is 9.97 Å². The zero-order valence-electron chi connectivity index (χ0n) is 32.5. The van der Waals surface area contributed by atoms with E-state index in [9.17, 15) is 0 Å². The molecule has 6 heteroatoms. The molecule has 0 unspecified atom stereocenters. The van der Waals surface area contributed by atoms with Gasteiger partial charge in [0.1, 0.15) is 5.58 Å². The molecule has 1 radical (unpaired) electrons. The van der Waals surface area contributed by atoms with Crippen LogP contribution in [0, 0.1) is 25.9 Å². The van der Waals surface area contributed by atoms with E-state index in [0.29, 0.717) is 0 Å². The first-order chi connectivity index (χ1) is 27.8. The van der Waals surface area contributed by atoms with Crippen LogP contribution in [0.4, 0.5) is 0 Å². The molecule has 0 aliphatic rings. The third-order valence-electron chi connectivity index (χ3n) is 9.96. The largest absolute Gasteiger partial charge is 0.500 e. The number of para-hydroxylation sites is 2. The fraction of sp³-hybridized carbons (Fsp3) is 0.0408. The molecule has 265 valence electrons. The fourth-order valence-electron chi connectivity index (χ4n) is 7.50. The smallest absolute Gasteiger partial charge is 0.129 e. The maximum atomic E-state index is 7.23. The average Bonchev–Trinajstić information content (AvgIpc) is 3.85. The maximum Gasteiger partial charge on any atom is 0.129 e. The van der Waals surface area contributed by atoms with Gasteiger partial charge < -0.3 is 14.0 Å². The topological polar surface area (TPSA) is 56.7 Å². The number of aromatic nitrogens is 4. The second kappa shape index (κ2) is 14.1. The molecule has 0 aliphatic carbocycles. The van der Waals surface area contributed by atoms with E-state index in [4.69, 9.17) is 18.5 Å². The Hall–Kier alpha value is -6.46. The van der Waals surface area contributed by atoms with Gasteiger partial charge in [0, 0.05) is 52.3 Å². The van der Waals surface area contributed by atoms with Crippen molar-refractivity contribution >= 4 is 65.4 Å². The molecule has 0 spiro atoms. The molecule has 0 N–H and O–H groups in total. The maximum absolute atomic E-state index is 7.23. The van der Waals surface area contributed by atoms with Crippen LogP contribution in [-0.4, -0.2) is 19.5 Å². The summed E-state index contributed by atoms with van der Waals surface area (Å²) in [6.45, 7) is -0.0334. The first-order valence-corrected chi connectivity index (χ1v) is 17.8. The molecule has 0 amide bonds. The summed E-state index contributed by atoms with van der Waals surface area (Å²) >= 11 is 0. The molecular weight excluding hydrogens is 853 g/mol. The van der Waals surface area contributed by atoms with Gasteiger partial charge in [0.15, 0.2) is 0 Å². The Balaban J connectivity index is 0.000000217. The van der Waals surface area contributed by atoms with Gasteiger partial charge in [0.25, 0.3) is 0 Å². The van der Waals surface area contributed by atoms with E-state index in [0.717, 1.165) is 88.7 Å². The molecule has 5 nitrogen and oxygen atoms in total. The van der Waals surface area contributed by atoms with Gasteiger partial charge in [0.2, 0.25) is 0 Å². The SMILES string of the molecule is Cc1nc2ccccc2c2nc(-c3[c-]ccc4c3oc3c4ccc4ccc5ccccc5c43)n(-c3ccccc3)c12.[2H]C([2H])([2H])c1ccc(-c2[c-]cccc2)nc1.[Ir]. The van der Waals surface area contributed by atoms with Crippen LogP contribution in [0.5, 0.6) is 0 Å². The van der Waals surface area contributed by atoms with Gasteiger partial charge >= 0.3 is 0 Å². The summed E-state index contributed by atoms with van der Waals surface area (Å²) < 4.78 is 30.8. The molecule has 4 heterocycles. The summed E-state index contributed by atoms with van der Waals surface area (Å²) in [6.07, 6.45) is 1.39. The van der Waals surface area contributed by atoms with Crippen LogP contribution in [0.15, 0.2) is 162 Å². The second-order valence-electron chi connectivity index (χ2n) is 13.3. The van der Waals surface area contributed by atoms with Gasteiger partial charge in [-0.15, -0.1) is 54.1 Å². The minimum atomic E-state index is -2.09. The van der Waals surface area contributed by atoms with Crippen molar-refractivity contribution in [2.24, 2.45) is 0 Å². The minimum Gasteiger partial charge on any atom is -0.500 e. The van der Waals surface area contributed by atoms with E-state index >= 15 is 0 Å². The van der Waals surface area contributed by atoms with Gasteiger partial charge in [0.05, 0.1) is 33.7 Å². The second-order valence-corrected chi connectivity index (χ2v) is 13.3. The number of hydrogen-bond donors (Lipinski definition) is 0. The Morgan fingerprint density at radius 1 is 0.636 bits per heavy atom. The quantitative estimate of drug-likeness (QED) is 0.131. The number of benzene rings is 7. The van der Waals surface area contributed by atoms with Crippen molar-refractivity contribution < 1.29 is 28.6 Å². The normalized spacial score (nSPS) is 12.3. The predicted molar refractivity (Wildman–Crippen MR) is 221 cm³/mol. The summed E-state index contributed by atoms with van der Waals surface area (Å²) in [5, 5.41) is 7.83. The van der Waals surface area contributed by atoms with E-state index in [2.05, 4.69) is 114 Å². The Labute approximate surface area is 335 Å². The summed E-state index contributed by atoms with van der Waals surface area (Å²) in [5.74, 6) is 0.784. The van der Waals surface area contributed by atoms with Gasteiger partial charge in [-0.1, -0.05) is 108 Å². The van der Waals surface area contributed by atoms with Crippen LogP contribution in [0.1, 0.15) is 15.4 Å². The monoisotopic (exact) mass is 888 g/mol. The number of nitrogens with zero attached hydrogens (tertiary/aromatic N) is 4. The van der Waals surface area contributed by atoms with Crippen LogP contribution in [-0.2, 0) is 20.1 Å². The molecular formula is C49H32IrN4O-2. The molecule has 0 saturated heterocycles. The van der Waals surface area contributed by atoms with Crippen LogP contribution in [0.25, 0.3) is 93.8 Å². The number of fused-ring (bicyclic) bond motifs is 10. The summed E-state index contributed by atoms with van der Waals surface area (Å²) in [5.41, 5.74) is 9.14. The Kier molecular flexibility index (Phi) is 7.92. The van der Waals surface area contributed by atoms with Crippen molar-refractivity contribution in [2.75, 3.05) is 0 Å². The minimum absolute atomic E-state index is 0. The van der Waals surface area contributed by atoms with Crippen LogP contribution in [0.2, 0.25) is 0 Å². The summed E-state index contributed by atoms with van der Waals surface area (Å²) in [7, 11) is 0. The average molecular weight is 888 g/mol. The van der Waals surface area contributed by atoms with Crippen molar-refractivity contribution in [3.05, 3.63) is 181 Å². The van der Waals surface area contributed by atoms with Gasteiger partial charge in [-0.25, -0.2) is 0 Å². The van der Waals surface area contributed by atoms with E-state index in [1.807, 2.05) is 48.5 Å². The zero-order chi connectivity index (χ0) is 38.7. The number of imidazole rings is 1. The summed E-state index contributed by atoms with van der Waals surface area (Å²) in [6, 6.07) is 57.1. The van der Waals surface area contributed by atoms with E-state index < -0.39 is 6.85 Å². The van der Waals surface area contributed by atoms with Crippen molar-refractivity contribution in [2.45, 2.75) is 13.8 Å². The van der Waals surface area contributed by atoms with E-state index in [1.165, 1.54) is 17.0 Å². The fourth-order valence-corrected chi connectivity index (χ4v) is 7.50. The van der Waals surface area contributed by atoms with Gasteiger partial charge in [-0.05, 0) is 59.4 Å². The molecule has 7 aromatic carbocycles. The van der Waals surface area contributed by atoms with Crippen LogP contribution >= 0.6 is 0 Å². The molecule has 0 bridgehead atoms. The third kappa shape index (κ3) is 5.88. The third-order valence-corrected chi connectivity index (χ3v) is 9.96. The number of furan rings is 1. The number of rotatable bonds is 3. The summed E-state index contributed by atoms with van der Waals surface area (Å²) in [4.78, 5) is 14.4. The molecule has 4 aromatic heterocycles. The Bertz CT molecular complexity index is 3290. The number of pyridine rings is 2. The first kappa shape index (κ1) is 30.9. The molecule has 55 heavy (non-hydrogen) atoms. The molecule has 0 fully saturated rings. The molecule has 0 saturated carbocycles. The molecule has 0 aliphatic heterocycles. The number of aryl methyl sites for hydroxylation is 2. The predicted octanol–water partition coefficient (Wildman–Crippen LogP) is 12.4. The standard InChI is InChI=1S/C37H22N3O.C12H10N.Ir/c1-22-34-33(29-14-7-8-17-31(29)38-22)39-37(40(34)25-11-3-2-4-12-25)30-16-9-15-27-28-21-20-24-19-18-23-10-5-6-13-26(23)32(24)36(28)41-35(27)30;1-10-7-8-12(13-9-10)11-5-3-2-4-6-11;/h2-15,17-21H,1H3;2-5,7-9H,1H3;/q2*-1;/i;1D3;. The first-order valence-electron chi connectivity index (χ1n) is 19.3. The zero-order valence-corrected chi connectivity index (χ0v) is 31.9. The molecule has 0 atom stereocenters. The van der Waals surface area contributed by atoms with E-state index in [1.54, 1.807) is 18.2 Å². The molecule has 11 rings (SSSR count). The van der Waals surface area contributed by atoms with Crippen LogP contribution < -0.4 is 0 Å². The Morgan fingerprint density at radius 3 is 2.22 bits per heavy atom. The van der Waals surface area contributed by atoms with E-state index in [-0.39, 0.29) is 25.7 Å². The number of hydrogen-bond acceptors (Lipinski definition) is 4. The van der Waals surface area contributed by atoms with Crippen molar-refractivity contribution in [1.82, 2.24) is 19.5 Å². The van der Waals surface area contributed by atoms with Crippen molar-refractivity contribution in [3.8, 4) is 28.3 Å². The molecule has 11 aromatic rings. The van der Waals surface area contributed by atoms with Crippen molar-refractivity contribution in [3.63, 3.8) is 0 Å². The Morgan fingerprint density at radius 2 is 1.40 bits per heavy atom. The van der Waals surface area contributed by atoms with Crippen LogP contribution in [0.3, 0.4) is 0 Å².